The van der Waals surface area contributed by atoms with E-state index in [2.05, 4.69) is 0 Å². The summed E-state index contributed by atoms with van der Waals surface area (Å²) >= 11 is 0. The smallest absolute Gasteiger partial charge is 0.344 e. The van der Waals surface area contributed by atoms with Gasteiger partial charge < -0.3 is 13.9 Å². The predicted molar refractivity (Wildman–Crippen MR) is 113 cm³/mol. The molecule has 146 valence electrons. The number of fused-ring (bicyclic) bond motifs is 3. The number of ether oxygens (including phenoxy) is 2. The first kappa shape index (κ1) is 18.7. The Bertz CT molecular complexity index is 1290. The fraction of sp³-hybridized carbons (Fsp3) is 0.167. The highest BCUT2D eigenvalue weighted by molar-refractivity contribution is 6.15. The van der Waals surface area contributed by atoms with Crippen LogP contribution in [0.15, 0.2) is 63.8 Å². The summed E-state index contributed by atoms with van der Waals surface area (Å²) < 4.78 is 16.2. The highest BCUT2D eigenvalue weighted by Crippen LogP contribution is 2.37. The minimum atomic E-state index is -0.509. The molecule has 0 saturated heterocycles. The molecule has 0 saturated carbocycles. The Kier molecular flexibility index (Phi) is 4.80. The van der Waals surface area contributed by atoms with Gasteiger partial charge in [0.05, 0.1) is 24.7 Å². The fourth-order valence-corrected chi connectivity index (χ4v) is 3.69. The van der Waals surface area contributed by atoms with Gasteiger partial charge in [0.15, 0.2) is 0 Å². The zero-order chi connectivity index (χ0) is 20.5. The summed E-state index contributed by atoms with van der Waals surface area (Å²) in [5.74, 6) is 0.142. The Hall–Kier alpha value is -3.60. The zero-order valence-corrected chi connectivity index (χ0v) is 16.4. The Morgan fingerprint density at radius 1 is 1.03 bits per heavy atom. The largest absolute Gasteiger partial charge is 0.497 e. The maximum absolute atomic E-state index is 13.1. The molecule has 29 heavy (non-hydrogen) atoms. The van der Waals surface area contributed by atoms with Crippen molar-refractivity contribution in [3.05, 3.63) is 76.1 Å². The van der Waals surface area contributed by atoms with E-state index in [0.717, 1.165) is 21.9 Å². The van der Waals surface area contributed by atoms with Crippen molar-refractivity contribution in [3.8, 4) is 16.9 Å². The minimum Gasteiger partial charge on any atom is -0.497 e. The average Bonchev–Trinajstić information content (AvgIpc) is 2.73. The predicted octanol–water partition coefficient (Wildman–Crippen LogP) is 5.11. The van der Waals surface area contributed by atoms with Gasteiger partial charge in [-0.25, -0.2) is 9.59 Å². The average molecular weight is 388 g/mol. The van der Waals surface area contributed by atoms with Gasteiger partial charge in [0, 0.05) is 22.4 Å². The maximum Gasteiger partial charge on any atom is 0.344 e. The number of carbonyl (C=O) groups is 1. The first-order chi connectivity index (χ1) is 14.0. The molecule has 1 aromatic heterocycles. The van der Waals surface area contributed by atoms with Crippen LogP contribution < -0.4 is 10.4 Å². The maximum atomic E-state index is 13.1. The number of aryl methyl sites for hydroxylation is 1. The van der Waals surface area contributed by atoms with Crippen molar-refractivity contribution in [3.63, 3.8) is 0 Å². The van der Waals surface area contributed by atoms with Crippen molar-refractivity contribution in [2.75, 3.05) is 13.7 Å². The summed E-state index contributed by atoms with van der Waals surface area (Å²) in [5.41, 5.74) is 2.33. The number of rotatable bonds is 4. The lowest BCUT2D eigenvalue weighted by atomic mass is 9.90. The van der Waals surface area contributed by atoms with E-state index in [1.54, 1.807) is 20.1 Å². The summed E-state index contributed by atoms with van der Waals surface area (Å²) in [6.45, 7) is 3.85. The number of carbonyl (C=O) groups excluding carboxylic acids is 1. The molecule has 1 heterocycles. The number of methoxy groups -OCH3 is 1. The number of hydrogen-bond acceptors (Lipinski definition) is 5. The van der Waals surface area contributed by atoms with Crippen LogP contribution in [0, 0.1) is 6.92 Å². The molecule has 4 aromatic rings. The Balaban J connectivity index is 2.20. The molecule has 0 aliphatic rings. The fourth-order valence-electron chi connectivity index (χ4n) is 3.69. The quantitative estimate of drug-likeness (QED) is 0.276. The second-order valence-electron chi connectivity index (χ2n) is 6.70. The molecule has 0 unspecified atom stereocenters. The molecule has 0 aliphatic heterocycles. The Labute approximate surface area is 167 Å². The van der Waals surface area contributed by atoms with Crippen LogP contribution in [0.3, 0.4) is 0 Å². The monoisotopic (exact) mass is 388 g/mol. The lowest BCUT2D eigenvalue weighted by Gasteiger charge is -2.16. The molecule has 0 amide bonds. The number of hydrogen-bond donors (Lipinski definition) is 0. The lowest BCUT2D eigenvalue weighted by Crippen LogP contribution is -2.12. The van der Waals surface area contributed by atoms with E-state index in [-0.39, 0.29) is 6.61 Å². The van der Waals surface area contributed by atoms with Gasteiger partial charge >= 0.3 is 11.6 Å². The molecule has 0 N–H and O–H groups in total. The van der Waals surface area contributed by atoms with E-state index < -0.39 is 11.6 Å². The van der Waals surface area contributed by atoms with E-state index in [0.29, 0.717) is 27.8 Å². The number of benzene rings is 3. The highest BCUT2D eigenvalue weighted by Gasteiger charge is 2.23. The van der Waals surface area contributed by atoms with Crippen molar-refractivity contribution in [2.45, 2.75) is 13.8 Å². The van der Waals surface area contributed by atoms with E-state index in [9.17, 15) is 9.59 Å². The van der Waals surface area contributed by atoms with Crippen LogP contribution >= 0.6 is 0 Å². The summed E-state index contributed by atoms with van der Waals surface area (Å²) in [5, 5.41) is 1.86. The van der Waals surface area contributed by atoms with Crippen LogP contribution in [0.2, 0.25) is 0 Å². The van der Waals surface area contributed by atoms with Crippen molar-refractivity contribution >= 4 is 27.7 Å². The van der Waals surface area contributed by atoms with Gasteiger partial charge in [0.25, 0.3) is 0 Å². The molecule has 5 heteroatoms. The molecular weight excluding hydrogens is 368 g/mol. The van der Waals surface area contributed by atoms with Crippen LogP contribution in [0.4, 0.5) is 0 Å². The normalized spacial score (nSPS) is 11.0. The molecule has 0 radical (unpaired) electrons. The van der Waals surface area contributed by atoms with Crippen molar-refractivity contribution in [1.29, 1.82) is 0 Å². The molecule has 0 atom stereocenters. The van der Waals surface area contributed by atoms with Crippen molar-refractivity contribution in [1.82, 2.24) is 0 Å². The molecule has 5 nitrogen and oxygen atoms in total. The Morgan fingerprint density at radius 2 is 1.79 bits per heavy atom. The summed E-state index contributed by atoms with van der Waals surface area (Å²) in [6, 6.07) is 16.6. The third-order valence-electron chi connectivity index (χ3n) is 4.95. The van der Waals surface area contributed by atoms with Crippen LogP contribution in [0.5, 0.6) is 5.75 Å². The summed E-state index contributed by atoms with van der Waals surface area (Å²) in [4.78, 5) is 25.9. The molecule has 4 rings (SSSR count). The standard InChI is InChI=1S/C24H20O5/c1-4-28-23(25)20-14(2)12-18-17-11-10-16(27-3)13-19(17)29-24(26)22(18)21(20)15-8-6-5-7-9-15/h5-13H,4H2,1-3H3. The molecule has 0 bridgehead atoms. The van der Waals surface area contributed by atoms with E-state index in [1.165, 1.54) is 0 Å². The lowest BCUT2D eigenvalue weighted by molar-refractivity contribution is 0.0526. The second kappa shape index (κ2) is 7.43. The molecule has 3 aromatic carbocycles. The van der Waals surface area contributed by atoms with Gasteiger partial charge in [-0.1, -0.05) is 30.3 Å². The van der Waals surface area contributed by atoms with Gasteiger partial charge in [0.1, 0.15) is 11.3 Å². The van der Waals surface area contributed by atoms with Crippen LogP contribution in [0.25, 0.3) is 32.9 Å². The molecular formula is C24H20O5. The third kappa shape index (κ3) is 3.14. The number of esters is 1. The second-order valence-corrected chi connectivity index (χ2v) is 6.70. The van der Waals surface area contributed by atoms with Gasteiger partial charge in [-0.2, -0.15) is 0 Å². The molecule has 0 aliphatic carbocycles. The van der Waals surface area contributed by atoms with Gasteiger partial charge in [-0.3, -0.25) is 0 Å². The first-order valence-electron chi connectivity index (χ1n) is 9.35. The molecule has 0 fully saturated rings. The first-order valence-corrected chi connectivity index (χ1v) is 9.35. The van der Waals surface area contributed by atoms with E-state index in [1.807, 2.05) is 55.5 Å². The van der Waals surface area contributed by atoms with Crippen LogP contribution in [0.1, 0.15) is 22.8 Å². The summed E-state index contributed by atoms with van der Waals surface area (Å²) in [6.07, 6.45) is 0. The van der Waals surface area contributed by atoms with Gasteiger partial charge in [-0.15, -0.1) is 0 Å². The minimum absolute atomic E-state index is 0.247. The third-order valence-corrected chi connectivity index (χ3v) is 4.95. The topological polar surface area (TPSA) is 65.7 Å². The highest BCUT2D eigenvalue weighted by atomic mass is 16.5. The molecule has 0 spiro atoms. The zero-order valence-electron chi connectivity index (χ0n) is 16.4. The Morgan fingerprint density at radius 3 is 2.48 bits per heavy atom. The summed E-state index contributed by atoms with van der Waals surface area (Å²) in [7, 11) is 1.56. The van der Waals surface area contributed by atoms with Crippen molar-refractivity contribution in [2.24, 2.45) is 0 Å². The SMILES string of the molecule is CCOC(=O)c1c(C)cc2c(c1-c1ccccc1)c(=O)oc1cc(OC)ccc12. The van der Waals surface area contributed by atoms with Crippen molar-refractivity contribution < 1.29 is 18.7 Å². The van der Waals surface area contributed by atoms with Gasteiger partial charge in [-0.05, 0) is 43.2 Å². The van der Waals surface area contributed by atoms with Crippen LogP contribution in [-0.2, 0) is 4.74 Å². The van der Waals surface area contributed by atoms with E-state index >= 15 is 0 Å². The van der Waals surface area contributed by atoms with Crippen LogP contribution in [-0.4, -0.2) is 19.7 Å². The van der Waals surface area contributed by atoms with Gasteiger partial charge in [0.2, 0.25) is 0 Å². The van der Waals surface area contributed by atoms with E-state index in [4.69, 9.17) is 13.9 Å².